The van der Waals surface area contributed by atoms with E-state index in [0.717, 1.165) is 19.3 Å². The van der Waals surface area contributed by atoms with E-state index in [1.807, 2.05) is 6.92 Å². The van der Waals surface area contributed by atoms with Gasteiger partial charge in [-0.25, -0.2) is 0 Å². The molecule has 0 aromatic rings. The molecule has 0 saturated carbocycles. The van der Waals surface area contributed by atoms with Crippen LogP contribution in [0.5, 0.6) is 0 Å². The van der Waals surface area contributed by atoms with E-state index < -0.39 is 5.91 Å². The highest BCUT2D eigenvalue weighted by molar-refractivity contribution is 4.73. The van der Waals surface area contributed by atoms with Gasteiger partial charge < -0.3 is 9.47 Å². The van der Waals surface area contributed by atoms with E-state index in [9.17, 15) is 0 Å². The zero-order valence-electron chi connectivity index (χ0n) is 7.30. The van der Waals surface area contributed by atoms with Gasteiger partial charge in [0.1, 0.15) is 0 Å². The third-order valence-corrected chi connectivity index (χ3v) is 1.85. The van der Waals surface area contributed by atoms with E-state index in [1.54, 1.807) is 0 Å². The summed E-state index contributed by atoms with van der Waals surface area (Å²) in [6, 6.07) is 0. The quantitative estimate of drug-likeness (QED) is 0.630. The molecule has 1 aliphatic rings. The van der Waals surface area contributed by atoms with E-state index in [2.05, 4.69) is 6.92 Å². The summed E-state index contributed by atoms with van der Waals surface area (Å²) in [7, 11) is 0. The van der Waals surface area contributed by atoms with Gasteiger partial charge in [0, 0.05) is 6.42 Å². The highest BCUT2D eigenvalue weighted by atomic mass is 16.7. The Balaban J connectivity index is 2.29. The molecule has 66 valence electrons. The molecule has 1 heterocycles. The van der Waals surface area contributed by atoms with Crippen LogP contribution in [0.3, 0.4) is 0 Å². The Kier molecular flexibility index (Phi) is 2.87. The van der Waals surface area contributed by atoms with E-state index in [1.165, 1.54) is 0 Å². The normalized spacial score (nSPS) is 37.9. The highest BCUT2D eigenvalue weighted by Gasteiger charge is 2.35. The Morgan fingerprint density at radius 1 is 1.73 bits per heavy atom. The summed E-state index contributed by atoms with van der Waals surface area (Å²) in [6.45, 7) is 4.76. The van der Waals surface area contributed by atoms with Crippen molar-refractivity contribution in [3.63, 3.8) is 0 Å². The summed E-state index contributed by atoms with van der Waals surface area (Å²) in [5, 5.41) is 0. The van der Waals surface area contributed by atoms with Crippen molar-refractivity contribution in [3.8, 4) is 0 Å². The maximum absolute atomic E-state index is 5.79. The van der Waals surface area contributed by atoms with E-state index >= 15 is 0 Å². The minimum absolute atomic E-state index is 0.247. The summed E-state index contributed by atoms with van der Waals surface area (Å²) in [5.41, 5.74) is 5.79. The maximum atomic E-state index is 5.79. The Morgan fingerprint density at radius 2 is 2.45 bits per heavy atom. The van der Waals surface area contributed by atoms with Crippen LogP contribution in [-0.2, 0) is 9.47 Å². The predicted octanol–water partition coefficient (Wildman–Crippen LogP) is 1.22. The third kappa shape index (κ3) is 2.43. The van der Waals surface area contributed by atoms with Crippen LogP contribution in [0.25, 0.3) is 0 Å². The molecule has 11 heavy (non-hydrogen) atoms. The number of hydrogen-bond donors (Lipinski definition) is 1. The van der Waals surface area contributed by atoms with Crippen molar-refractivity contribution in [3.05, 3.63) is 0 Å². The molecule has 0 aliphatic carbocycles. The van der Waals surface area contributed by atoms with Crippen LogP contribution in [0, 0.1) is 0 Å². The SMILES string of the molecule is CCCOC1(N)CCC(C)O1. The molecule has 2 N–H and O–H groups in total. The first-order valence-electron chi connectivity index (χ1n) is 4.27. The fraction of sp³-hybridized carbons (Fsp3) is 1.00. The molecule has 0 bridgehead atoms. The molecule has 0 aromatic heterocycles. The van der Waals surface area contributed by atoms with Gasteiger partial charge in [0.2, 0.25) is 5.91 Å². The Morgan fingerprint density at radius 3 is 2.91 bits per heavy atom. The summed E-state index contributed by atoms with van der Waals surface area (Å²) in [5.74, 6) is -0.782. The van der Waals surface area contributed by atoms with Crippen molar-refractivity contribution >= 4 is 0 Å². The van der Waals surface area contributed by atoms with Crippen molar-refractivity contribution in [1.82, 2.24) is 0 Å². The van der Waals surface area contributed by atoms with Gasteiger partial charge in [-0.3, -0.25) is 5.73 Å². The predicted molar refractivity (Wildman–Crippen MR) is 42.9 cm³/mol. The average molecular weight is 159 g/mol. The van der Waals surface area contributed by atoms with E-state index in [0.29, 0.717) is 6.61 Å². The molecule has 1 fully saturated rings. The lowest BCUT2D eigenvalue weighted by Crippen LogP contribution is -2.42. The summed E-state index contributed by atoms with van der Waals surface area (Å²) in [4.78, 5) is 0. The van der Waals surface area contributed by atoms with Gasteiger partial charge >= 0.3 is 0 Å². The van der Waals surface area contributed by atoms with Gasteiger partial charge in [-0.05, 0) is 19.8 Å². The first-order valence-corrected chi connectivity index (χ1v) is 4.27. The fourth-order valence-electron chi connectivity index (χ4n) is 1.24. The van der Waals surface area contributed by atoms with Crippen LogP contribution < -0.4 is 5.73 Å². The molecule has 1 rings (SSSR count). The minimum atomic E-state index is -0.782. The van der Waals surface area contributed by atoms with Crippen molar-refractivity contribution in [2.75, 3.05) is 6.61 Å². The fourth-order valence-corrected chi connectivity index (χ4v) is 1.24. The van der Waals surface area contributed by atoms with Crippen LogP contribution >= 0.6 is 0 Å². The van der Waals surface area contributed by atoms with Gasteiger partial charge in [-0.1, -0.05) is 6.92 Å². The van der Waals surface area contributed by atoms with Crippen LogP contribution in [0.15, 0.2) is 0 Å². The van der Waals surface area contributed by atoms with Crippen molar-refractivity contribution in [2.45, 2.75) is 45.1 Å². The Bertz CT molecular complexity index is 129. The molecule has 3 nitrogen and oxygen atoms in total. The molecule has 0 radical (unpaired) electrons. The second-order valence-electron chi connectivity index (χ2n) is 3.13. The molecule has 1 saturated heterocycles. The summed E-state index contributed by atoms with van der Waals surface area (Å²) >= 11 is 0. The zero-order chi connectivity index (χ0) is 8.32. The maximum Gasteiger partial charge on any atom is 0.225 e. The van der Waals surface area contributed by atoms with Gasteiger partial charge in [0.25, 0.3) is 0 Å². The monoisotopic (exact) mass is 159 g/mol. The molecule has 3 heteroatoms. The van der Waals surface area contributed by atoms with E-state index in [4.69, 9.17) is 15.2 Å². The van der Waals surface area contributed by atoms with Crippen molar-refractivity contribution in [2.24, 2.45) is 5.73 Å². The molecular weight excluding hydrogens is 142 g/mol. The minimum Gasteiger partial charge on any atom is -0.338 e. The lowest BCUT2D eigenvalue weighted by molar-refractivity contribution is -0.220. The molecule has 0 spiro atoms. The zero-order valence-corrected chi connectivity index (χ0v) is 7.30. The third-order valence-electron chi connectivity index (χ3n) is 1.85. The Hall–Kier alpha value is -0.120. The molecule has 0 aromatic carbocycles. The Labute approximate surface area is 67.9 Å². The number of hydrogen-bond acceptors (Lipinski definition) is 3. The lowest BCUT2D eigenvalue weighted by Gasteiger charge is -2.23. The number of ether oxygens (including phenoxy) is 2. The van der Waals surface area contributed by atoms with Crippen LogP contribution in [0.4, 0.5) is 0 Å². The topological polar surface area (TPSA) is 44.5 Å². The van der Waals surface area contributed by atoms with Crippen molar-refractivity contribution in [1.29, 1.82) is 0 Å². The lowest BCUT2D eigenvalue weighted by atomic mass is 10.2. The van der Waals surface area contributed by atoms with Crippen LogP contribution in [0.1, 0.15) is 33.1 Å². The second kappa shape index (κ2) is 3.52. The van der Waals surface area contributed by atoms with Crippen LogP contribution in [-0.4, -0.2) is 18.6 Å². The van der Waals surface area contributed by atoms with E-state index in [-0.39, 0.29) is 6.10 Å². The molecule has 2 atom stereocenters. The molecule has 2 unspecified atom stereocenters. The second-order valence-corrected chi connectivity index (χ2v) is 3.13. The standard InChI is InChI=1S/C8H17NO2/c1-3-6-10-8(9)5-4-7(2)11-8/h7H,3-6,9H2,1-2H3. The largest absolute Gasteiger partial charge is 0.338 e. The van der Waals surface area contributed by atoms with Gasteiger partial charge in [-0.2, -0.15) is 0 Å². The molecule has 1 aliphatic heterocycles. The molecule has 0 amide bonds. The van der Waals surface area contributed by atoms with Crippen LogP contribution in [0.2, 0.25) is 0 Å². The smallest absolute Gasteiger partial charge is 0.225 e. The van der Waals surface area contributed by atoms with Gasteiger partial charge in [-0.15, -0.1) is 0 Å². The average Bonchev–Trinajstić information content (AvgIpc) is 2.28. The molecular formula is C8H17NO2. The first kappa shape index (κ1) is 8.97. The summed E-state index contributed by atoms with van der Waals surface area (Å²) in [6.07, 6.45) is 3.04. The summed E-state index contributed by atoms with van der Waals surface area (Å²) < 4.78 is 10.8. The number of rotatable bonds is 3. The number of nitrogens with two attached hydrogens (primary N) is 1. The van der Waals surface area contributed by atoms with Gasteiger partial charge in [0.15, 0.2) is 0 Å². The van der Waals surface area contributed by atoms with Crippen molar-refractivity contribution < 1.29 is 9.47 Å². The first-order chi connectivity index (χ1) is 5.16. The van der Waals surface area contributed by atoms with Gasteiger partial charge in [0.05, 0.1) is 12.7 Å². The highest BCUT2D eigenvalue weighted by Crippen LogP contribution is 2.26.